The van der Waals surface area contributed by atoms with Crippen molar-refractivity contribution in [3.63, 3.8) is 0 Å². The van der Waals surface area contributed by atoms with Gasteiger partial charge in [-0.15, -0.1) is 22.9 Å². The van der Waals surface area contributed by atoms with Crippen LogP contribution >= 0.6 is 22.9 Å². The number of alkyl halides is 1. The quantitative estimate of drug-likeness (QED) is 0.0714. The summed E-state index contributed by atoms with van der Waals surface area (Å²) in [5.74, 6) is -3.53. The Morgan fingerprint density at radius 3 is 2.59 bits per heavy atom. The Balaban J connectivity index is 0.00000512. The first-order valence-corrected chi connectivity index (χ1v) is 11.0. The predicted molar refractivity (Wildman–Crippen MR) is 106 cm³/mol. The standard InChI is InChI=1S/C14H17ClN6O8S2.Na/c1-6(22)16-4-8-11(13(25)21(8)31(26,27)28)19-12(24)10(20-29-2)7-5-30-14(17-7)18-9(23)3-15;/h5,8,11H,3-4H2,1-2H3,(H,16,22)(H,19,24)(H,17,18,23)(H,26,27,28);/q;+1/p-1/b20-10-;/t8-,11+;/m0./s1. The van der Waals surface area contributed by atoms with Gasteiger partial charge in [0.1, 0.15) is 24.7 Å². The first kappa shape index (κ1) is 28.2. The molecule has 1 aliphatic rings. The van der Waals surface area contributed by atoms with Gasteiger partial charge in [0.05, 0.1) is 6.04 Å². The second-order valence-electron chi connectivity index (χ2n) is 5.89. The third kappa shape index (κ3) is 6.84. The molecule has 1 aromatic rings. The van der Waals surface area contributed by atoms with Crippen LogP contribution in [0.4, 0.5) is 5.13 Å². The summed E-state index contributed by atoms with van der Waals surface area (Å²) < 4.78 is 34.0. The minimum absolute atomic E-state index is 0. The van der Waals surface area contributed by atoms with E-state index in [2.05, 4.69) is 30.9 Å². The Hall–Kier alpha value is -1.82. The van der Waals surface area contributed by atoms with Crippen LogP contribution in [0.1, 0.15) is 12.6 Å². The third-order valence-electron chi connectivity index (χ3n) is 3.77. The van der Waals surface area contributed by atoms with Crippen molar-refractivity contribution in [3.05, 3.63) is 11.1 Å². The number of hydrogen-bond donors (Lipinski definition) is 3. The molecule has 0 unspecified atom stereocenters. The van der Waals surface area contributed by atoms with Gasteiger partial charge >= 0.3 is 29.6 Å². The Kier molecular flexibility index (Phi) is 10.5. The largest absolute Gasteiger partial charge is 1.00 e. The average molecular weight is 519 g/mol. The summed E-state index contributed by atoms with van der Waals surface area (Å²) in [6.07, 6.45) is 0. The zero-order valence-corrected chi connectivity index (χ0v) is 21.3. The maximum absolute atomic E-state index is 12.7. The van der Waals surface area contributed by atoms with Crippen molar-refractivity contribution in [2.45, 2.75) is 19.0 Å². The number of thiazole rings is 1. The van der Waals surface area contributed by atoms with Gasteiger partial charge < -0.3 is 25.3 Å². The van der Waals surface area contributed by atoms with Crippen LogP contribution in [0.3, 0.4) is 0 Å². The van der Waals surface area contributed by atoms with E-state index in [9.17, 15) is 32.1 Å². The molecule has 3 N–H and O–H groups in total. The van der Waals surface area contributed by atoms with E-state index in [0.29, 0.717) is 0 Å². The van der Waals surface area contributed by atoms with Crippen molar-refractivity contribution in [1.29, 1.82) is 0 Å². The van der Waals surface area contributed by atoms with Gasteiger partial charge in [0.2, 0.25) is 11.8 Å². The second-order valence-corrected chi connectivity index (χ2v) is 8.26. The van der Waals surface area contributed by atoms with Gasteiger partial charge in [-0.3, -0.25) is 19.2 Å². The van der Waals surface area contributed by atoms with Crippen molar-refractivity contribution in [2.75, 3.05) is 24.9 Å². The Bertz CT molecular complexity index is 1030. The number of nitrogens with one attached hydrogen (secondary N) is 3. The number of carbonyl (C=O) groups excluding carboxylic acids is 4. The van der Waals surface area contributed by atoms with Crippen molar-refractivity contribution in [2.24, 2.45) is 5.16 Å². The molecule has 1 aliphatic heterocycles. The molecule has 0 radical (unpaired) electrons. The molecule has 1 fully saturated rings. The fourth-order valence-corrected chi connectivity index (χ4v) is 4.14. The topological polar surface area (TPSA) is 199 Å². The van der Waals surface area contributed by atoms with Gasteiger partial charge in [-0.25, -0.2) is 17.7 Å². The number of aromatic nitrogens is 1. The molecule has 0 saturated carbocycles. The Morgan fingerprint density at radius 1 is 1.41 bits per heavy atom. The molecule has 18 heteroatoms. The fourth-order valence-electron chi connectivity index (χ4n) is 2.50. The summed E-state index contributed by atoms with van der Waals surface area (Å²) in [5, 5.41) is 11.9. The van der Waals surface area contributed by atoms with Crippen LogP contribution in [0.5, 0.6) is 0 Å². The van der Waals surface area contributed by atoms with Gasteiger partial charge in [0.15, 0.2) is 21.1 Å². The molecule has 1 aromatic heterocycles. The first-order chi connectivity index (χ1) is 14.5. The zero-order chi connectivity index (χ0) is 23.3. The summed E-state index contributed by atoms with van der Waals surface area (Å²) in [7, 11) is -4.01. The monoisotopic (exact) mass is 518 g/mol. The number of halogens is 1. The van der Waals surface area contributed by atoms with E-state index in [0.717, 1.165) is 25.4 Å². The minimum atomic E-state index is -5.16. The Morgan fingerprint density at radius 2 is 2.06 bits per heavy atom. The van der Waals surface area contributed by atoms with Crippen LogP contribution in [-0.4, -0.2) is 83.2 Å². The Labute approximate surface area is 213 Å². The molecule has 32 heavy (non-hydrogen) atoms. The summed E-state index contributed by atoms with van der Waals surface area (Å²) in [6, 6.07) is -2.76. The summed E-state index contributed by atoms with van der Waals surface area (Å²) in [6.45, 7) is 0.756. The summed E-state index contributed by atoms with van der Waals surface area (Å²) >= 11 is 6.36. The van der Waals surface area contributed by atoms with Gasteiger partial charge in [-0.2, -0.15) is 0 Å². The maximum Gasteiger partial charge on any atom is 1.00 e. The number of oxime groups is 1. The zero-order valence-electron chi connectivity index (χ0n) is 16.9. The molecule has 2 atom stereocenters. The molecular formula is C14H16ClN6NaO8S2. The SMILES string of the molecule is CO/N=C(\C(=O)N[C@H]1C(=O)N(S(=O)(=O)[O-])[C@H]1CNC(C)=O)c1csc(NC(=O)CCl)n1.[Na+]. The van der Waals surface area contributed by atoms with Crippen LogP contribution in [0, 0.1) is 0 Å². The molecule has 2 rings (SSSR count). The number of amides is 4. The number of rotatable bonds is 9. The molecule has 1 saturated heterocycles. The van der Waals surface area contributed by atoms with Crippen LogP contribution < -0.4 is 45.5 Å². The molecule has 0 aromatic carbocycles. The second kappa shape index (κ2) is 11.9. The van der Waals surface area contributed by atoms with Gasteiger partial charge in [-0.1, -0.05) is 5.16 Å². The number of β-lactam (4-membered cyclic amide) rings is 1. The van der Waals surface area contributed by atoms with Crippen molar-refractivity contribution in [3.8, 4) is 0 Å². The van der Waals surface area contributed by atoms with Gasteiger partial charge in [0, 0.05) is 18.8 Å². The van der Waals surface area contributed by atoms with Crippen molar-refractivity contribution >= 4 is 67.7 Å². The normalized spacial score (nSPS) is 18.2. The molecule has 0 bridgehead atoms. The maximum atomic E-state index is 12.7. The smallest absolute Gasteiger partial charge is 0.731 e. The summed E-state index contributed by atoms with van der Waals surface area (Å²) in [5.41, 5.74) is -0.410. The van der Waals surface area contributed by atoms with E-state index in [-0.39, 0.29) is 56.3 Å². The number of carbonyl (C=O) groups is 4. The van der Waals surface area contributed by atoms with E-state index in [4.69, 9.17) is 11.6 Å². The van der Waals surface area contributed by atoms with E-state index in [1.165, 1.54) is 5.38 Å². The molecule has 14 nitrogen and oxygen atoms in total. The van der Waals surface area contributed by atoms with E-state index in [1.54, 1.807) is 0 Å². The minimum Gasteiger partial charge on any atom is -0.731 e. The predicted octanol–water partition coefficient (Wildman–Crippen LogP) is -5.03. The van der Waals surface area contributed by atoms with Gasteiger partial charge in [-0.05, 0) is 0 Å². The third-order valence-corrected chi connectivity index (χ3v) is 5.70. The van der Waals surface area contributed by atoms with Crippen molar-refractivity contribution in [1.82, 2.24) is 19.9 Å². The van der Waals surface area contributed by atoms with E-state index < -0.39 is 52.6 Å². The van der Waals surface area contributed by atoms with E-state index in [1.807, 2.05) is 0 Å². The summed E-state index contributed by atoms with van der Waals surface area (Å²) in [4.78, 5) is 55.9. The first-order valence-electron chi connectivity index (χ1n) is 8.26. The van der Waals surface area contributed by atoms with E-state index >= 15 is 0 Å². The molecule has 170 valence electrons. The van der Waals surface area contributed by atoms with Crippen molar-refractivity contribution < 1.29 is 66.5 Å². The number of anilines is 1. The molecule has 0 aliphatic carbocycles. The average Bonchev–Trinajstić information content (AvgIpc) is 3.13. The fraction of sp³-hybridized carbons (Fsp3) is 0.429. The van der Waals surface area contributed by atoms with Crippen LogP contribution in [0.15, 0.2) is 10.5 Å². The van der Waals surface area contributed by atoms with Crippen LogP contribution in [0.2, 0.25) is 0 Å². The number of hydrogen-bond acceptors (Lipinski definition) is 11. The molecular weight excluding hydrogens is 503 g/mol. The molecule has 0 spiro atoms. The molecule has 2 heterocycles. The van der Waals surface area contributed by atoms with Gasteiger partial charge in [0.25, 0.3) is 11.8 Å². The van der Waals surface area contributed by atoms with Crippen LogP contribution in [-0.2, 0) is 34.3 Å². The number of nitrogens with zero attached hydrogens (tertiary/aromatic N) is 3. The van der Waals surface area contributed by atoms with Crippen LogP contribution in [0.25, 0.3) is 0 Å². The molecule has 4 amide bonds.